The fourth-order valence-corrected chi connectivity index (χ4v) is 3.61. The molecule has 4 rings (SSSR count). The molecule has 3 aromatic rings. The van der Waals surface area contributed by atoms with Crippen LogP contribution in [0.5, 0.6) is 5.75 Å². The minimum atomic E-state index is -0.700. The summed E-state index contributed by atoms with van der Waals surface area (Å²) >= 11 is 6.11. The predicted octanol–water partition coefficient (Wildman–Crippen LogP) is 4.21. The third-order valence-electron chi connectivity index (χ3n) is 4.75. The highest BCUT2D eigenvalue weighted by atomic mass is 35.5. The van der Waals surface area contributed by atoms with Crippen LogP contribution < -0.4 is 4.74 Å². The molecule has 1 aliphatic rings. The summed E-state index contributed by atoms with van der Waals surface area (Å²) in [6, 6.07) is 17.6. The van der Waals surface area contributed by atoms with Gasteiger partial charge < -0.3 is 9.84 Å². The molecule has 0 bridgehead atoms. The van der Waals surface area contributed by atoms with E-state index in [0.29, 0.717) is 6.61 Å². The molecule has 1 aliphatic heterocycles. The number of aromatic nitrogens is 1. The van der Waals surface area contributed by atoms with E-state index in [9.17, 15) is 5.11 Å². The lowest BCUT2D eigenvalue weighted by Crippen LogP contribution is -2.25. The first-order valence-corrected chi connectivity index (χ1v) is 9.37. The first kappa shape index (κ1) is 18.0. The van der Waals surface area contributed by atoms with E-state index < -0.39 is 6.10 Å². The van der Waals surface area contributed by atoms with E-state index in [-0.39, 0.29) is 0 Å². The smallest absolute Gasteiger partial charge is 0.123 e. The van der Waals surface area contributed by atoms with Crippen LogP contribution in [0.1, 0.15) is 28.4 Å². The van der Waals surface area contributed by atoms with Crippen molar-refractivity contribution in [3.63, 3.8) is 0 Å². The van der Waals surface area contributed by atoms with Crippen molar-refractivity contribution in [2.45, 2.75) is 19.2 Å². The van der Waals surface area contributed by atoms with Crippen LogP contribution in [0.15, 0.2) is 67.0 Å². The van der Waals surface area contributed by atoms with Gasteiger partial charge in [0.2, 0.25) is 0 Å². The zero-order valence-corrected chi connectivity index (χ0v) is 15.6. The molecule has 138 valence electrons. The van der Waals surface area contributed by atoms with Gasteiger partial charge in [0.25, 0.3) is 0 Å². The number of pyridine rings is 1. The zero-order chi connectivity index (χ0) is 18.6. The Morgan fingerprint density at radius 3 is 2.85 bits per heavy atom. The molecule has 1 atom stereocenters. The van der Waals surface area contributed by atoms with Gasteiger partial charge in [-0.1, -0.05) is 35.9 Å². The van der Waals surface area contributed by atoms with E-state index in [1.165, 1.54) is 5.56 Å². The summed E-state index contributed by atoms with van der Waals surface area (Å²) in [5, 5.41) is 11.4. The summed E-state index contributed by atoms with van der Waals surface area (Å²) in [6.07, 6.45) is 2.70. The molecule has 0 saturated carbocycles. The number of hydrogen-bond acceptors (Lipinski definition) is 4. The van der Waals surface area contributed by atoms with Crippen LogP contribution in [-0.2, 0) is 13.1 Å². The van der Waals surface area contributed by atoms with Gasteiger partial charge in [0.15, 0.2) is 0 Å². The number of rotatable bonds is 4. The van der Waals surface area contributed by atoms with Crippen molar-refractivity contribution < 1.29 is 9.84 Å². The van der Waals surface area contributed by atoms with E-state index in [1.807, 2.05) is 48.5 Å². The first-order valence-electron chi connectivity index (χ1n) is 8.99. The van der Waals surface area contributed by atoms with Gasteiger partial charge in [-0.25, -0.2) is 0 Å². The number of aliphatic hydroxyl groups excluding tert-OH is 1. The van der Waals surface area contributed by atoms with Crippen molar-refractivity contribution in [3.05, 3.63) is 94.3 Å². The van der Waals surface area contributed by atoms with Crippen molar-refractivity contribution in [1.82, 2.24) is 9.88 Å². The van der Waals surface area contributed by atoms with Crippen LogP contribution in [-0.4, -0.2) is 28.1 Å². The maximum absolute atomic E-state index is 10.7. The average Bonchev–Trinajstić information content (AvgIpc) is 2.89. The average molecular weight is 381 g/mol. The lowest BCUT2D eigenvalue weighted by atomic mass is 10.00. The Morgan fingerprint density at radius 1 is 1.11 bits per heavy atom. The fourth-order valence-electron chi connectivity index (χ4n) is 3.40. The third kappa shape index (κ3) is 4.30. The Morgan fingerprint density at radius 2 is 2.04 bits per heavy atom. The second kappa shape index (κ2) is 8.09. The fraction of sp³-hybridized carbons (Fsp3) is 0.227. The standard InChI is InChI=1S/C22H21ClN2O2/c23-20-5-1-3-16(11-20)14-25-9-10-27-21-7-6-17(12-19(21)15-25)22(26)18-4-2-8-24-13-18/h1-8,11-13,22,26H,9-10,14-15H2/t22-/m0/s1. The van der Waals surface area contributed by atoms with E-state index in [2.05, 4.69) is 16.0 Å². The van der Waals surface area contributed by atoms with Crippen molar-refractivity contribution in [1.29, 1.82) is 0 Å². The molecule has 5 heteroatoms. The maximum atomic E-state index is 10.7. The first-order chi connectivity index (χ1) is 13.2. The number of aliphatic hydroxyl groups is 1. The topological polar surface area (TPSA) is 45.6 Å². The van der Waals surface area contributed by atoms with E-state index >= 15 is 0 Å². The highest BCUT2D eigenvalue weighted by molar-refractivity contribution is 6.30. The summed E-state index contributed by atoms with van der Waals surface area (Å²) in [5.41, 5.74) is 3.88. The van der Waals surface area contributed by atoms with Crippen molar-refractivity contribution in [2.75, 3.05) is 13.2 Å². The number of hydrogen-bond donors (Lipinski definition) is 1. The molecule has 1 N–H and O–H groups in total. The van der Waals surface area contributed by atoms with Crippen LogP contribution in [0.3, 0.4) is 0 Å². The Hall–Kier alpha value is -2.40. The van der Waals surface area contributed by atoms with Crippen LogP contribution >= 0.6 is 11.6 Å². The largest absolute Gasteiger partial charge is 0.492 e. The summed E-state index contributed by atoms with van der Waals surface area (Å²) in [5.74, 6) is 0.880. The summed E-state index contributed by atoms with van der Waals surface area (Å²) in [6.45, 7) is 3.04. The van der Waals surface area contributed by atoms with Crippen LogP contribution in [0.2, 0.25) is 5.02 Å². The van der Waals surface area contributed by atoms with E-state index in [4.69, 9.17) is 16.3 Å². The van der Waals surface area contributed by atoms with Gasteiger partial charge in [0.05, 0.1) is 0 Å². The highest BCUT2D eigenvalue weighted by Gasteiger charge is 2.18. The number of ether oxygens (including phenoxy) is 1. The molecule has 0 radical (unpaired) electrons. The third-order valence-corrected chi connectivity index (χ3v) is 4.99. The number of fused-ring (bicyclic) bond motifs is 1. The summed E-state index contributed by atoms with van der Waals surface area (Å²) in [7, 11) is 0. The molecular formula is C22H21ClN2O2. The predicted molar refractivity (Wildman–Crippen MR) is 106 cm³/mol. The van der Waals surface area contributed by atoms with Gasteiger partial charge in [-0.05, 0) is 41.5 Å². The Bertz CT molecular complexity index is 917. The van der Waals surface area contributed by atoms with Crippen LogP contribution in [0.4, 0.5) is 0 Å². The van der Waals surface area contributed by atoms with Gasteiger partial charge >= 0.3 is 0 Å². The molecule has 27 heavy (non-hydrogen) atoms. The molecule has 0 saturated heterocycles. The van der Waals surface area contributed by atoms with Crippen molar-refractivity contribution in [3.8, 4) is 5.75 Å². The second-order valence-corrected chi connectivity index (χ2v) is 7.18. The molecule has 2 heterocycles. The zero-order valence-electron chi connectivity index (χ0n) is 14.9. The van der Waals surface area contributed by atoms with Crippen molar-refractivity contribution >= 4 is 11.6 Å². The second-order valence-electron chi connectivity index (χ2n) is 6.75. The molecule has 0 unspecified atom stereocenters. The van der Waals surface area contributed by atoms with Crippen LogP contribution in [0.25, 0.3) is 0 Å². The maximum Gasteiger partial charge on any atom is 0.123 e. The number of halogens is 1. The normalized spacial score (nSPS) is 15.5. The van der Waals surface area contributed by atoms with E-state index in [1.54, 1.807) is 12.4 Å². The lowest BCUT2D eigenvalue weighted by molar-refractivity contribution is 0.218. The molecular weight excluding hydrogens is 360 g/mol. The molecule has 0 spiro atoms. The van der Waals surface area contributed by atoms with Crippen molar-refractivity contribution in [2.24, 2.45) is 0 Å². The van der Waals surface area contributed by atoms with Gasteiger partial charge in [0, 0.05) is 48.2 Å². The number of benzene rings is 2. The minimum Gasteiger partial charge on any atom is -0.492 e. The lowest BCUT2D eigenvalue weighted by Gasteiger charge is -2.20. The molecule has 0 aliphatic carbocycles. The Kier molecular flexibility index (Phi) is 5.39. The molecule has 0 amide bonds. The quantitative estimate of drug-likeness (QED) is 0.736. The monoisotopic (exact) mass is 380 g/mol. The minimum absolute atomic E-state index is 0.637. The molecule has 1 aromatic heterocycles. The van der Waals surface area contributed by atoms with Gasteiger partial charge in [-0.3, -0.25) is 9.88 Å². The van der Waals surface area contributed by atoms with Gasteiger partial charge in [-0.15, -0.1) is 0 Å². The highest BCUT2D eigenvalue weighted by Crippen LogP contribution is 2.29. The molecule has 2 aromatic carbocycles. The number of nitrogens with zero attached hydrogens (tertiary/aromatic N) is 2. The Labute approximate surface area is 164 Å². The Balaban J connectivity index is 1.56. The van der Waals surface area contributed by atoms with E-state index in [0.717, 1.165) is 47.1 Å². The SMILES string of the molecule is O[C@H](c1cccnc1)c1ccc2c(c1)CN(Cc1cccc(Cl)c1)CCO2. The molecule has 0 fully saturated rings. The summed E-state index contributed by atoms with van der Waals surface area (Å²) in [4.78, 5) is 6.43. The molecule has 4 nitrogen and oxygen atoms in total. The van der Waals surface area contributed by atoms with Crippen LogP contribution in [0, 0.1) is 0 Å². The summed E-state index contributed by atoms with van der Waals surface area (Å²) < 4.78 is 5.92. The van der Waals surface area contributed by atoms with Gasteiger partial charge in [0.1, 0.15) is 18.5 Å². The van der Waals surface area contributed by atoms with Gasteiger partial charge in [-0.2, -0.15) is 0 Å².